The fourth-order valence-electron chi connectivity index (χ4n) is 12.7. The van der Waals surface area contributed by atoms with Crippen molar-refractivity contribution in [2.45, 2.75) is 473 Å². The van der Waals surface area contributed by atoms with Crippen molar-refractivity contribution in [2.24, 2.45) is 5.73 Å². The highest BCUT2D eigenvalue weighted by molar-refractivity contribution is 4.73. The maximum Gasteiger partial charge on any atom is 0.0807 e. The zero-order valence-corrected chi connectivity index (χ0v) is 80.6. The van der Waals surface area contributed by atoms with E-state index in [0.29, 0.717) is 145 Å². The monoisotopic (exact) mass is 1700 g/mol. The molecule has 0 saturated carbocycles. The van der Waals surface area contributed by atoms with Gasteiger partial charge in [-0.2, -0.15) is 0 Å². The van der Waals surface area contributed by atoms with Gasteiger partial charge in [-0.1, -0.05) is 210 Å². The van der Waals surface area contributed by atoms with Gasteiger partial charge in [0.1, 0.15) is 0 Å². The van der Waals surface area contributed by atoms with E-state index in [1.54, 1.807) is 0 Å². The Balaban J connectivity index is 4.86. The summed E-state index contributed by atoms with van der Waals surface area (Å²) in [6.45, 7) is 57.4. The smallest absolute Gasteiger partial charge is 0.0807 e. The number of hydrogen-bond donors (Lipinski definition) is 1. The fraction of sp³-hybridized carbons (Fsp3) is 1.00. The molecule has 118 heavy (non-hydrogen) atoms. The lowest BCUT2D eigenvalue weighted by Crippen LogP contribution is -2.34. The van der Waals surface area contributed by atoms with Gasteiger partial charge in [-0.15, -0.1) is 0 Å². The van der Waals surface area contributed by atoms with E-state index in [0.717, 1.165) is 148 Å². The summed E-state index contributed by atoms with van der Waals surface area (Å²) >= 11 is 0. The van der Waals surface area contributed by atoms with E-state index in [1.165, 1.54) is 64.2 Å². The van der Waals surface area contributed by atoms with E-state index in [1.807, 2.05) is 0 Å². The molecule has 0 rings (SSSR count). The number of hydrogen-bond acceptors (Lipinski definition) is 22. The average Bonchev–Trinajstić information content (AvgIpc) is 0.946. The zero-order valence-electron chi connectivity index (χ0n) is 80.6. The highest BCUT2D eigenvalue weighted by Gasteiger charge is 2.26. The molecule has 0 radical (unpaired) electrons. The van der Waals surface area contributed by atoms with Crippen LogP contribution in [0.15, 0.2) is 0 Å². The van der Waals surface area contributed by atoms with Gasteiger partial charge in [0.15, 0.2) is 0 Å². The van der Waals surface area contributed by atoms with Crippen LogP contribution in [-0.2, 0) is 99.5 Å². The number of ether oxygens (including phenoxy) is 21. The van der Waals surface area contributed by atoms with Gasteiger partial charge in [0, 0.05) is 13.2 Å². The van der Waals surface area contributed by atoms with Crippen LogP contribution in [0.3, 0.4) is 0 Å². The van der Waals surface area contributed by atoms with Crippen LogP contribution in [0.25, 0.3) is 0 Å². The van der Waals surface area contributed by atoms with Crippen molar-refractivity contribution in [2.75, 3.05) is 152 Å². The highest BCUT2D eigenvalue weighted by atomic mass is 16.6. The molecule has 0 aliphatic rings. The van der Waals surface area contributed by atoms with E-state index < -0.39 is 0 Å². The predicted molar refractivity (Wildman–Crippen MR) is 482 cm³/mol. The second-order valence-corrected chi connectivity index (χ2v) is 32.6. The highest BCUT2D eigenvalue weighted by Crippen LogP contribution is 2.20. The second-order valence-electron chi connectivity index (χ2n) is 32.6. The van der Waals surface area contributed by atoms with Gasteiger partial charge in [0.25, 0.3) is 0 Å². The van der Waals surface area contributed by atoms with Crippen molar-refractivity contribution in [1.29, 1.82) is 0 Å². The van der Waals surface area contributed by atoms with Crippen LogP contribution >= 0.6 is 0 Å². The molecule has 0 aromatic carbocycles. The maximum atomic E-state index is 6.47. The topological polar surface area (TPSA) is 220 Å². The third kappa shape index (κ3) is 63.1. The minimum atomic E-state index is -0.0683. The summed E-state index contributed by atoms with van der Waals surface area (Å²) in [5.74, 6) is 0. The molecule has 0 aromatic heterocycles. The van der Waals surface area contributed by atoms with Crippen molar-refractivity contribution in [3.05, 3.63) is 0 Å². The van der Waals surface area contributed by atoms with Gasteiger partial charge in [0.05, 0.1) is 254 Å². The van der Waals surface area contributed by atoms with E-state index in [4.69, 9.17) is 105 Å². The molecule has 0 spiro atoms. The first-order chi connectivity index (χ1) is 57.6. The first-order valence-electron chi connectivity index (χ1n) is 49.2. The van der Waals surface area contributed by atoms with Gasteiger partial charge in [-0.25, -0.2) is 0 Å². The summed E-state index contributed by atoms with van der Waals surface area (Å²) in [6, 6.07) is 0. The van der Waals surface area contributed by atoms with Gasteiger partial charge in [-0.3, -0.25) is 0 Å². The van der Waals surface area contributed by atoms with Crippen LogP contribution in [0.1, 0.15) is 351 Å². The Labute approximate surface area is 726 Å². The van der Waals surface area contributed by atoms with Crippen molar-refractivity contribution < 1.29 is 99.5 Å². The van der Waals surface area contributed by atoms with E-state index >= 15 is 0 Å². The Morgan fingerprint density at radius 2 is 0.263 bits per heavy atom. The standard InChI is InChI=1S/C96H195NO21/c1-22-43-44-45-46-47-48-49-50-51-52-55-98-57-77(23-2)100-59-79(25-4)102-61-81(27-6)104-63-83(29-8)106-65-85(31-10)108-67-87(33-12)110-69-89(35-14)112-71-91(37-16)114-73-93(39-18)116-75-95(41-20)118-76-96(42-21)117-74-94(40-19)115-72-92(38-17)113-70-90(36-15)111-68-88(34-13)109-66-86(32-11)107-64-84(30-9)105-62-82(28-7)103-60-80(26-5)101-58-78(24-3)99-56-53-54-97/h77-96H,22-76,97H2,1-21H3. The normalized spacial score (nSPS) is 17.4. The molecule has 2 N–H and O–H groups in total. The molecule has 0 fully saturated rings. The number of unbranched alkanes of at least 4 members (excludes halogenated alkanes) is 10. The molecule has 0 amide bonds. The van der Waals surface area contributed by atoms with Gasteiger partial charge in [-0.05, 0) is 148 Å². The SMILES string of the molecule is CCCCCCCCCCCCCOCC(CC)OCC(CC)OCC(CC)OCC(CC)OCC(CC)OCC(CC)OCC(CC)OCC(CC)OCC(CC)OCC(CC)OCC(CC)OCC(CC)OCC(CC)OCC(CC)OCC(CC)OCC(CC)OCC(CC)OCC(CC)OCC(CC)OCC(CC)OCCCN. The molecule has 0 aliphatic heterocycles. The Hall–Kier alpha value is -0.880. The summed E-state index contributed by atoms with van der Waals surface area (Å²) in [7, 11) is 0. The summed E-state index contributed by atoms with van der Waals surface area (Å²) in [6.07, 6.45) is 31.7. The Kier molecular flexibility index (Phi) is 83.7. The van der Waals surface area contributed by atoms with Gasteiger partial charge < -0.3 is 105 Å². The van der Waals surface area contributed by atoms with Crippen LogP contribution < -0.4 is 5.73 Å². The number of rotatable bonds is 95. The van der Waals surface area contributed by atoms with Crippen LogP contribution in [0.5, 0.6) is 0 Å². The lowest BCUT2D eigenvalue weighted by molar-refractivity contribution is -0.132. The minimum Gasteiger partial charge on any atom is -0.379 e. The summed E-state index contributed by atoms with van der Waals surface area (Å²) in [5, 5.41) is 0. The lowest BCUT2D eigenvalue weighted by Gasteiger charge is -2.27. The predicted octanol–water partition coefficient (Wildman–Crippen LogP) is 20.6. The van der Waals surface area contributed by atoms with E-state index in [2.05, 4.69) is 145 Å². The van der Waals surface area contributed by atoms with Crippen LogP contribution in [0.4, 0.5) is 0 Å². The summed E-state index contributed by atoms with van der Waals surface area (Å²) < 4.78 is 134. The van der Waals surface area contributed by atoms with Crippen molar-refractivity contribution in [1.82, 2.24) is 0 Å². The van der Waals surface area contributed by atoms with Crippen molar-refractivity contribution in [3.8, 4) is 0 Å². The molecule has 0 saturated heterocycles. The summed E-state index contributed by atoms with van der Waals surface area (Å²) in [4.78, 5) is 0. The molecule has 22 nitrogen and oxygen atoms in total. The van der Waals surface area contributed by atoms with Crippen LogP contribution in [0, 0.1) is 0 Å². The molecule has 0 heterocycles. The van der Waals surface area contributed by atoms with E-state index in [-0.39, 0.29) is 122 Å². The fourth-order valence-corrected chi connectivity index (χ4v) is 12.7. The van der Waals surface area contributed by atoms with Gasteiger partial charge >= 0.3 is 0 Å². The first kappa shape index (κ1) is 117. The molecule has 22 heteroatoms. The largest absolute Gasteiger partial charge is 0.379 e. The maximum absolute atomic E-state index is 6.47. The van der Waals surface area contributed by atoms with Crippen LogP contribution in [0.2, 0.25) is 0 Å². The molecule has 20 unspecified atom stereocenters. The molecule has 710 valence electrons. The van der Waals surface area contributed by atoms with E-state index in [9.17, 15) is 0 Å². The lowest BCUT2D eigenvalue weighted by atomic mass is 10.1. The molecule has 0 bridgehead atoms. The minimum absolute atomic E-state index is 0.00385. The molecular weight excluding hydrogens is 1500 g/mol. The Bertz CT molecular complexity index is 2000. The first-order valence-corrected chi connectivity index (χ1v) is 49.2. The Morgan fingerprint density at radius 1 is 0.136 bits per heavy atom. The quantitative estimate of drug-likeness (QED) is 0.0559. The van der Waals surface area contributed by atoms with Crippen molar-refractivity contribution in [3.63, 3.8) is 0 Å². The van der Waals surface area contributed by atoms with Crippen LogP contribution in [-0.4, -0.2) is 274 Å². The molecule has 0 aliphatic carbocycles. The third-order valence-electron chi connectivity index (χ3n) is 22.8. The Morgan fingerprint density at radius 3 is 0.398 bits per heavy atom. The third-order valence-corrected chi connectivity index (χ3v) is 22.8. The second kappa shape index (κ2) is 84.3. The molecule has 0 aromatic rings. The summed E-state index contributed by atoms with van der Waals surface area (Å²) in [5.41, 5.74) is 5.65. The number of nitrogens with two attached hydrogens (primary N) is 1. The molecule has 20 atom stereocenters. The van der Waals surface area contributed by atoms with Crippen molar-refractivity contribution >= 4 is 0 Å². The average molecular weight is 1700 g/mol. The van der Waals surface area contributed by atoms with Gasteiger partial charge in [0.2, 0.25) is 0 Å². The molecular formula is C96H195NO21. The zero-order chi connectivity index (χ0) is 87.3.